The van der Waals surface area contributed by atoms with Gasteiger partial charge in [0.05, 0.1) is 26.4 Å². The average molecular weight is 381 g/mol. The lowest BCUT2D eigenvalue weighted by molar-refractivity contribution is -0.138. The van der Waals surface area contributed by atoms with E-state index in [4.69, 9.17) is 30.5 Å². The third-order valence-electron chi connectivity index (χ3n) is 3.56. The molecule has 0 unspecified atom stereocenters. The van der Waals surface area contributed by atoms with Crippen molar-refractivity contribution < 1.29 is 28.1 Å². The Hall–Kier alpha value is -2.73. The molecule has 0 heterocycles. The van der Waals surface area contributed by atoms with Crippen molar-refractivity contribution in [1.82, 2.24) is 0 Å². The number of ether oxygens (including phenoxy) is 4. The molecule has 0 fully saturated rings. The van der Waals surface area contributed by atoms with Gasteiger partial charge in [0.1, 0.15) is 18.2 Å². The minimum atomic E-state index is -0.652. The van der Waals surface area contributed by atoms with Crippen LogP contribution in [-0.2, 0) is 16.1 Å². The maximum Gasteiger partial charge on any atom is 0.331 e. The monoisotopic (exact) mass is 380 g/mol. The van der Waals surface area contributed by atoms with Gasteiger partial charge in [-0.25, -0.2) is 9.18 Å². The Bertz CT molecular complexity index is 800. The number of hydrogen-bond donors (Lipinski definition) is 0. The number of carbonyl (C=O) groups excluding carboxylic acids is 1. The van der Waals surface area contributed by atoms with Crippen LogP contribution in [0.15, 0.2) is 36.4 Å². The van der Waals surface area contributed by atoms with Gasteiger partial charge in [-0.3, -0.25) is 0 Å². The standard InChI is InChI=1S/C19H18ClFO5/c1-23-16-10-18(25-3)17(24-2)9-12(16)7-8-19(22)26-11-13-14(20)5-4-6-15(13)21/h4-10H,11H2,1-3H3/b8-7+. The van der Waals surface area contributed by atoms with Crippen molar-refractivity contribution in [3.63, 3.8) is 0 Å². The van der Waals surface area contributed by atoms with E-state index in [1.54, 1.807) is 12.1 Å². The predicted molar refractivity (Wildman–Crippen MR) is 96.3 cm³/mol. The summed E-state index contributed by atoms with van der Waals surface area (Å²) in [5.41, 5.74) is 0.714. The molecule has 0 aliphatic rings. The molecular formula is C19H18ClFO5. The van der Waals surface area contributed by atoms with Crippen molar-refractivity contribution in [3.8, 4) is 17.2 Å². The lowest BCUT2D eigenvalue weighted by Gasteiger charge is -2.12. The van der Waals surface area contributed by atoms with Gasteiger partial charge in [0.2, 0.25) is 0 Å². The highest BCUT2D eigenvalue weighted by Crippen LogP contribution is 2.35. The lowest BCUT2D eigenvalue weighted by Crippen LogP contribution is -2.03. The zero-order chi connectivity index (χ0) is 19.1. The second kappa shape index (κ2) is 9.10. The van der Waals surface area contributed by atoms with E-state index in [9.17, 15) is 9.18 Å². The maximum absolute atomic E-state index is 13.7. The normalized spacial score (nSPS) is 10.7. The van der Waals surface area contributed by atoms with Gasteiger partial charge in [-0.2, -0.15) is 0 Å². The van der Waals surface area contributed by atoms with Gasteiger partial charge in [-0.15, -0.1) is 0 Å². The molecule has 2 aromatic rings. The topological polar surface area (TPSA) is 54.0 Å². The molecule has 2 rings (SSSR count). The van der Waals surface area contributed by atoms with Gasteiger partial charge in [-0.1, -0.05) is 17.7 Å². The summed E-state index contributed by atoms with van der Waals surface area (Å²) in [5.74, 6) is 0.290. The van der Waals surface area contributed by atoms with Crippen LogP contribution in [0.3, 0.4) is 0 Å². The number of hydrogen-bond acceptors (Lipinski definition) is 5. The SMILES string of the molecule is COc1cc(OC)c(OC)cc1/C=C/C(=O)OCc1c(F)cccc1Cl. The van der Waals surface area contributed by atoms with Crippen molar-refractivity contribution in [3.05, 3.63) is 58.4 Å². The van der Waals surface area contributed by atoms with Gasteiger partial charge < -0.3 is 18.9 Å². The maximum atomic E-state index is 13.7. The predicted octanol–water partition coefficient (Wildman–Crippen LogP) is 4.26. The highest BCUT2D eigenvalue weighted by atomic mass is 35.5. The van der Waals surface area contributed by atoms with Crippen LogP contribution in [0, 0.1) is 5.82 Å². The van der Waals surface area contributed by atoms with Gasteiger partial charge in [0.15, 0.2) is 11.5 Å². The van der Waals surface area contributed by atoms with E-state index in [-0.39, 0.29) is 17.2 Å². The molecule has 0 atom stereocenters. The molecule has 0 amide bonds. The fourth-order valence-corrected chi connectivity index (χ4v) is 2.42. The summed E-state index contributed by atoms with van der Waals surface area (Å²) in [6, 6.07) is 7.56. The minimum absolute atomic E-state index is 0.125. The fraction of sp³-hybridized carbons (Fsp3) is 0.211. The van der Waals surface area contributed by atoms with Crippen LogP contribution in [0.2, 0.25) is 5.02 Å². The van der Waals surface area contributed by atoms with Crippen LogP contribution in [0.25, 0.3) is 6.08 Å². The highest BCUT2D eigenvalue weighted by Gasteiger charge is 2.11. The molecule has 0 saturated heterocycles. The average Bonchev–Trinajstić information content (AvgIpc) is 2.65. The van der Waals surface area contributed by atoms with E-state index in [0.717, 1.165) is 0 Å². The Morgan fingerprint density at radius 1 is 1.08 bits per heavy atom. The van der Waals surface area contributed by atoms with Gasteiger partial charge in [-0.05, 0) is 24.3 Å². The van der Waals surface area contributed by atoms with Gasteiger partial charge >= 0.3 is 5.97 Å². The molecule has 7 heteroatoms. The van der Waals surface area contributed by atoms with Crippen molar-refractivity contribution in [2.24, 2.45) is 0 Å². The molecule has 26 heavy (non-hydrogen) atoms. The van der Waals surface area contributed by atoms with E-state index in [2.05, 4.69) is 0 Å². The summed E-state index contributed by atoms with van der Waals surface area (Å²) in [6.07, 6.45) is 2.71. The zero-order valence-corrected chi connectivity index (χ0v) is 15.3. The quantitative estimate of drug-likeness (QED) is 0.530. The summed E-state index contributed by atoms with van der Waals surface area (Å²) in [6.45, 7) is -0.266. The van der Waals surface area contributed by atoms with E-state index in [1.165, 1.54) is 51.7 Å². The Morgan fingerprint density at radius 2 is 1.73 bits per heavy atom. The summed E-state index contributed by atoms with van der Waals surface area (Å²) in [4.78, 5) is 11.9. The number of rotatable bonds is 7. The first-order valence-electron chi connectivity index (χ1n) is 7.57. The smallest absolute Gasteiger partial charge is 0.331 e. The van der Waals surface area contributed by atoms with E-state index < -0.39 is 11.8 Å². The van der Waals surface area contributed by atoms with Crippen LogP contribution in [0.1, 0.15) is 11.1 Å². The molecular weight excluding hydrogens is 363 g/mol. The van der Waals surface area contributed by atoms with E-state index in [1.807, 2.05) is 0 Å². The van der Waals surface area contributed by atoms with Crippen molar-refractivity contribution in [1.29, 1.82) is 0 Å². The fourth-order valence-electron chi connectivity index (χ4n) is 2.20. The first-order chi connectivity index (χ1) is 12.5. The number of halogens is 2. The summed E-state index contributed by atoms with van der Waals surface area (Å²) in [5, 5.41) is 0.198. The molecule has 0 N–H and O–H groups in total. The number of carbonyl (C=O) groups is 1. The molecule has 0 aliphatic heterocycles. The first kappa shape index (κ1) is 19.6. The molecule has 0 spiro atoms. The summed E-state index contributed by atoms with van der Waals surface area (Å²) < 4.78 is 34.4. The van der Waals surface area contributed by atoms with Crippen molar-refractivity contribution in [2.75, 3.05) is 21.3 Å². The van der Waals surface area contributed by atoms with Crippen LogP contribution in [-0.4, -0.2) is 27.3 Å². The van der Waals surface area contributed by atoms with Gasteiger partial charge in [0, 0.05) is 23.3 Å². The highest BCUT2D eigenvalue weighted by molar-refractivity contribution is 6.31. The largest absolute Gasteiger partial charge is 0.496 e. The number of benzene rings is 2. The van der Waals surface area contributed by atoms with E-state index in [0.29, 0.717) is 22.8 Å². The molecule has 0 aliphatic carbocycles. The Morgan fingerprint density at radius 3 is 2.35 bits per heavy atom. The second-order valence-corrected chi connectivity index (χ2v) is 5.50. The van der Waals surface area contributed by atoms with Crippen LogP contribution < -0.4 is 14.2 Å². The van der Waals surface area contributed by atoms with Gasteiger partial charge in [0.25, 0.3) is 0 Å². The van der Waals surface area contributed by atoms with Crippen LogP contribution >= 0.6 is 11.6 Å². The third-order valence-corrected chi connectivity index (χ3v) is 3.91. The Labute approximate surface area is 155 Å². The molecule has 5 nitrogen and oxygen atoms in total. The first-order valence-corrected chi connectivity index (χ1v) is 7.95. The third kappa shape index (κ3) is 4.67. The lowest BCUT2D eigenvalue weighted by atomic mass is 10.1. The molecule has 2 aromatic carbocycles. The molecule has 0 bridgehead atoms. The second-order valence-electron chi connectivity index (χ2n) is 5.09. The Balaban J connectivity index is 2.12. The molecule has 0 saturated carbocycles. The number of esters is 1. The zero-order valence-electron chi connectivity index (χ0n) is 14.5. The van der Waals surface area contributed by atoms with Crippen molar-refractivity contribution >= 4 is 23.6 Å². The van der Waals surface area contributed by atoms with Crippen LogP contribution in [0.5, 0.6) is 17.2 Å². The van der Waals surface area contributed by atoms with E-state index >= 15 is 0 Å². The minimum Gasteiger partial charge on any atom is -0.496 e. The molecule has 0 aromatic heterocycles. The number of methoxy groups -OCH3 is 3. The summed E-state index contributed by atoms with van der Waals surface area (Å²) >= 11 is 5.90. The van der Waals surface area contributed by atoms with Crippen LogP contribution in [0.4, 0.5) is 4.39 Å². The van der Waals surface area contributed by atoms with Crippen molar-refractivity contribution in [2.45, 2.75) is 6.61 Å². The molecule has 0 radical (unpaired) electrons. The Kier molecular flexibility index (Phi) is 6.86. The molecule has 138 valence electrons. The summed E-state index contributed by atoms with van der Waals surface area (Å²) in [7, 11) is 4.51.